The second-order valence-corrected chi connectivity index (χ2v) is 8.67. The Hall–Kier alpha value is -3.26. The summed E-state index contributed by atoms with van der Waals surface area (Å²) in [7, 11) is 0. The van der Waals surface area contributed by atoms with Crippen LogP contribution < -0.4 is 16.6 Å². The van der Waals surface area contributed by atoms with E-state index in [9.17, 15) is 14.4 Å². The molecular weight excluding hydrogens is 430 g/mol. The molecular formula is C23H24ClN5O3. The molecule has 2 heterocycles. The van der Waals surface area contributed by atoms with Crippen LogP contribution in [0.1, 0.15) is 53.6 Å². The lowest BCUT2D eigenvalue weighted by Crippen LogP contribution is -2.42. The van der Waals surface area contributed by atoms with Crippen molar-refractivity contribution < 1.29 is 4.79 Å². The molecule has 0 bridgehead atoms. The monoisotopic (exact) mass is 453 g/mol. The van der Waals surface area contributed by atoms with Crippen LogP contribution >= 0.6 is 11.6 Å². The number of carbonyl (C=O) groups excluding carboxylic acids is 1. The van der Waals surface area contributed by atoms with Gasteiger partial charge in [-0.15, -0.1) is 0 Å². The van der Waals surface area contributed by atoms with E-state index >= 15 is 0 Å². The van der Waals surface area contributed by atoms with Crippen molar-refractivity contribution in [2.45, 2.75) is 44.4 Å². The highest BCUT2D eigenvalue weighted by Crippen LogP contribution is 2.39. The molecule has 1 aliphatic rings. The first-order valence-electron chi connectivity index (χ1n) is 10.6. The summed E-state index contributed by atoms with van der Waals surface area (Å²) >= 11 is 6.25. The number of amides is 1. The van der Waals surface area contributed by atoms with E-state index in [2.05, 4.69) is 51.6 Å². The summed E-state index contributed by atoms with van der Waals surface area (Å²) in [6.07, 6.45) is 7.69. The van der Waals surface area contributed by atoms with E-state index in [1.807, 2.05) is 0 Å². The standard InChI is InChI=1S/C23H24ClN5O3/c1-15-5-7-16(8-6-15)23(9-3-2-4-10-23)14-26-21(31)17-11-19(25-12-18(17)24)29-22(32)28-20(30)13-27-29/h5-8,11-13H,2-4,9-10,14H2,1H3,(H,26,31)(H,28,30,32). The van der Waals surface area contributed by atoms with E-state index in [0.29, 0.717) is 6.54 Å². The summed E-state index contributed by atoms with van der Waals surface area (Å²) in [5.41, 5.74) is 1.12. The molecule has 1 aromatic carbocycles. The van der Waals surface area contributed by atoms with Crippen molar-refractivity contribution >= 4 is 17.5 Å². The van der Waals surface area contributed by atoms with Gasteiger partial charge in [0.05, 0.1) is 10.6 Å². The fourth-order valence-corrected chi connectivity index (χ4v) is 4.47. The zero-order chi connectivity index (χ0) is 22.7. The van der Waals surface area contributed by atoms with Crippen LogP contribution in [0.2, 0.25) is 5.02 Å². The first-order valence-corrected chi connectivity index (χ1v) is 11.0. The van der Waals surface area contributed by atoms with Gasteiger partial charge in [0.1, 0.15) is 6.20 Å². The Bertz CT molecular complexity index is 1240. The first kappa shape index (κ1) is 22.0. The van der Waals surface area contributed by atoms with Crippen LogP contribution in [0.3, 0.4) is 0 Å². The van der Waals surface area contributed by atoms with Crippen molar-refractivity contribution in [1.29, 1.82) is 0 Å². The topological polar surface area (TPSA) is 110 Å². The van der Waals surface area contributed by atoms with Crippen LogP contribution in [0.25, 0.3) is 5.82 Å². The molecule has 4 rings (SSSR count). The molecule has 1 aliphatic carbocycles. The quantitative estimate of drug-likeness (QED) is 0.617. The van der Waals surface area contributed by atoms with E-state index in [0.717, 1.165) is 36.6 Å². The van der Waals surface area contributed by atoms with Gasteiger partial charge in [-0.25, -0.2) is 9.78 Å². The fourth-order valence-electron chi connectivity index (χ4n) is 4.28. The van der Waals surface area contributed by atoms with Crippen molar-refractivity contribution in [3.63, 3.8) is 0 Å². The minimum absolute atomic E-state index is 0.0896. The zero-order valence-corrected chi connectivity index (χ0v) is 18.5. The summed E-state index contributed by atoms with van der Waals surface area (Å²) in [5, 5.41) is 6.99. The Kier molecular flexibility index (Phi) is 6.23. The second kappa shape index (κ2) is 9.08. The van der Waals surface area contributed by atoms with Crippen LogP contribution in [0.5, 0.6) is 0 Å². The van der Waals surface area contributed by atoms with Crippen LogP contribution in [0.4, 0.5) is 0 Å². The molecule has 0 aliphatic heterocycles. The summed E-state index contributed by atoms with van der Waals surface area (Å²) in [4.78, 5) is 42.5. The van der Waals surface area contributed by atoms with Gasteiger partial charge in [0.15, 0.2) is 5.82 Å². The molecule has 1 fully saturated rings. The highest BCUT2D eigenvalue weighted by atomic mass is 35.5. The molecule has 1 saturated carbocycles. The van der Waals surface area contributed by atoms with Gasteiger partial charge >= 0.3 is 5.69 Å². The second-order valence-electron chi connectivity index (χ2n) is 8.26. The number of aromatic amines is 1. The lowest BCUT2D eigenvalue weighted by Gasteiger charge is -2.38. The number of aromatic nitrogens is 4. The molecule has 166 valence electrons. The average molecular weight is 454 g/mol. The maximum absolute atomic E-state index is 13.1. The van der Waals surface area contributed by atoms with Gasteiger partial charge < -0.3 is 5.32 Å². The lowest BCUT2D eigenvalue weighted by molar-refractivity contribution is 0.0936. The van der Waals surface area contributed by atoms with Gasteiger partial charge in [0.2, 0.25) is 0 Å². The lowest BCUT2D eigenvalue weighted by atomic mass is 9.69. The van der Waals surface area contributed by atoms with E-state index in [-0.39, 0.29) is 27.7 Å². The van der Waals surface area contributed by atoms with Crippen LogP contribution in [-0.4, -0.2) is 32.2 Å². The summed E-state index contributed by atoms with van der Waals surface area (Å²) in [6.45, 7) is 2.55. The number of hydrogen-bond donors (Lipinski definition) is 2. The molecule has 9 heteroatoms. The van der Waals surface area contributed by atoms with E-state index < -0.39 is 11.2 Å². The number of nitrogens with zero attached hydrogens (tertiary/aromatic N) is 3. The molecule has 0 saturated heterocycles. The van der Waals surface area contributed by atoms with Crippen LogP contribution in [-0.2, 0) is 5.41 Å². The van der Waals surface area contributed by atoms with Gasteiger partial charge in [0, 0.05) is 18.2 Å². The number of H-pyrrole nitrogens is 1. The van der Waals surface area contributed by atoms with Crippen molar-refractivity contribution in [2.24, 2.45) is 0 Å². The van der Waals surface area contributed by atoms with E-state index in [1.165, 1.54) is 29.8 Å². The number of aryl methyl sites for hydroxylation is 1. The van der Waals surface area contributed by atoms with Gasteiger partial charge in [0.25, 0.3) is 11.5 Å². The van der Waals surface area contributed by atoms with Crippen LogP contribution in [0.15, 0.2) is 52.3 Å². The SMILES string of the molecule is Cc1ccc(C2(CNC(=O)c3cc(-n4ncc(=O)[nH]c4=O)ncc3Cl)CCCCC2)cc1. The minimum Gasteiger partial charge on any atom is -0.351 e. The van der Waals surface area contributed by atoms with Crippen LogP contribution in [0, 0.1) is 6.92 Å². The summed E-state index contributed by atoms with van der Waals surface area (Å²) in [5.74, 6) is -0.264. The number of rotatable bonds is 5. The fraction of sp³-hybridized carbons (Fsp3) is 0.348. The predicted molar refractivity (Wildman–Crippen MR) is 122 cm³/mol. The largest absolute Gasteiger partial charge is 0.351 e. The predicted octanol–water partition coefficient (Wildman–Crippen LogP) is 2.91. The zero-order valence-electron chi connectivity index (χ0n) is 17.7. The number of hydrogen-bond acceptors (Lipinski definition) is 5. The Morgan fingerprint density at radius 1 is 1.16 bits per heavy atom. The van der Waals surface area contributed by atoms with Gasteiger partial charge in [-0.05, 0) is 31.4 Å². The summed E-state index contributed by atoms with van der Waals surface area (Å²) < 4.78 is 0.906. The molecule has 3 aromatic rings. The first-order chi connectivity index (χ1) is 15.4. The summed E-state index contributed by atoms with van der Waals surface area (Å²) in [6, 6.07) is 9.91. The molecule has 0 radical (unpaired) electrons. The number of pyridine rings is 1. The Morgan fingerprint density at radius 2 is 1.88 bits per heavy atom. The maximum Gasteiger partial charge on any atom is 0.351 e. The van der Waals surface area contributed by atoms with Gasteiger partial charge in [-0.1, -0.05) is 60.7 Å². The minimum atomic E-state index is -0.751. The third-order valence-corrected chi connectivity index (χ3v) is 6.38. The average Bonchev–Trinajstić information content (AvgIpc) is 2.79. The smallest absolute Gasteiger partial charge is 0.351 e. The number of benzene rings is 1. The Labute approximate surface area is 189 Å². The van der Waals surface area contributed by atoms with Crippen molar-refractivity contribution in [1.82, 2.24) is 25.1 Å². The molecule has 2 N–H and O–H groups in total. The van der Waals surface area contributed by atoms with E-state index in [4.69, 9.17) is 11.6 Å². The molecule has 0 unspecified atom stereocenters. The number of nitrogens with one attached hydrogen (secondary N) is 2. The van der Waals surface area contributed by atoms with E-state index in [1.54, 1.807) is 0 Å². The van der Waals surface area contributed by atoms with Crippen molar-refractivity contribution in [3.8, 4) is 5.82 Å². The Balaban J connectivity index is 1.59. The highest BCUT2D eigenvalue weighted by molar-refractivity contribution is 6.33. The van der Waals surface area contributed by atoms with Crippen molar-refractivity contribution in [3.05, 3.63) is 85.3 Å². The molecule has 1 amide bonds. The molecule has 0 spiro atoms. The van der Waals surface area contributed by atoms with Crippen molar-refractivity contribution in [2.75, 3.05) is 6.54 Å². The molecule has 2 aromatic heterocycles. The molecule has 0 atom stereocenters. The Morgan fingerprint density at radius 3 is 2.56 bits per heavy atom. The van der Waals surface area contributed by atoms with Gasteiger partial charge in [-0.2, -0.15) is 9.78 Å². The van der Waals surface area contributed by atoms with Gasteiger partial charge in [-0.3, -0.25) is 14.6 Å². The third kappa shape index (κ3) is 4.50. The number of halogens is 1. The molecule has 8 nitrogen and oxygen atoms in total. The molecule has 32 heavy (non-hydrogen) atoms. The third-order valence-electron chi connectivity index (χ3n) is 6.08. The normalized spacial score (nSPS) is 15.3. The maximum atomic E-state index is 13.1. The highest BCUT2D eigenvalue weighted by Gasteiger charge is 2.34. The number of carbonyl (C=O) groups is 1.